The summed E-state index contributed by atoms with van der Waals surface area (Å²) in [7, 11) is 0. The molecule has 0 aliphatic heterocycles. The largest absolute Gasteiger partial charge is 0.418 e. The number of para-hydroxylation sites is 1. The van der Waals surface area contributed by atoms with Gasteiger partial charge in [0.15, 0.2) is 5.69 Å². The Kier molecular flexibility index (Phi) is 7.02. The highest BCUT2D eigenvalue weighted by molar-refractivity contribution is 7.98. The lowest BCUT2D eigenvalue weighted by atomic mass is 10.1. The first-order chi connectivity index (χ1) is 16.7. The zero-order chi connectivity index (χ0) is 25.0. The highest BCUT2D eigenvalue weighted by atomic mass is 32.2. The van der Waals surface area contributed by atoms with E-state index < -0.39 is 28.8 Å². The van der Waals surface area contributed by atoms with Gasteiger partial charge >= 0.3 is 6.18 Å². The van der Waals surface area contributed by atoms with Gasteiger partial charge in [-0.05, 0) is 55.0 Å². The Hall–Kier alpha value is -3.92. The van der Waals surface area contributed by atoms with Crippen molar-refractivity contribution in [3.63, 3.8) is 0 Å². The van der Waals surface area contributed by atoms with Gasteiger partial charge in [0.1, 0.15) is 0 Å². The molecule has 6 nitrogen and oxygen atoms in total. The number of pyridine rings is 1. The maximum Gasteiger partial charge on any atom is 0.418 e. The van der Waals surface area contributed by atoms with E-state index in [9.17, 15) is 22.8 Å². The number of thioether (sulfide) groups is 1. The highest BCUT2D eigenvalue weighted by Crippen LogP contribution is 2.33. The van der Waals surface area contributed by atoms with Gasteiger partial charge in [-0.1, -0.05) is 18.2 Å². The van der Waals surface area contributed by atoms with Crippen LogP contribution in [0, 0.1) is 6.92 Å². The van der Waals surface area contributed by atoms with Crippen molar-refractivity contribution in [3.05, 3.63) is 112 Å². The average molecular weight is 497 g/mol. The van der Waals surface area contributed by atoms with Crippen molar-refractivity contribution in [1.82, 2.24) is 14.8 Å². The lowest BCUT2D eigenvalue weighted by molar-refractivity contribution is -0.137. The van der Waals surface area contributed by atoms with Crippen molar-refractivity contribution >= 4 is 23.4 Å². The average Bonchev–Trinajstić information content (AvgIpc) is 2.84. The third-order valence-corrected chi connectivity index (χ3v) is 6.08. The van der Waals surface area contributed by atoms with Crippen molar-refractivity contribution in [2.24, 2.45) is 0 Å². The molecule has 2 heterocycles. The van der Waals surface area contributed by atoms with E-state index in [1.165, 1.54) is 25.1 Å². The number of hydrogen-bond acceptors (Lipinski definition) is 5. The first-order valence-corrected chi connectivity index (χ1v) is 11.4. The van der Waals surface area contributed by atoms with E-state index in [1.807, 2.05) is 24.3 Å². The standard InChI is InChI=1S/C25H19F3N4O2S/c1-16-13-22(33)23(31-32(16)21-7-3-2-6-20(21)25(26,27)28)24(34)30-18-8-10-19(11-9-18)35-15-17-5-4-12-29-14-17/h2-14H,15H2,1H3,(H,30,34). The zero-order valence-corrected chi connectivity index (χ0v) is 19.2. The van der Waals surface area contributed by atoms with E-state index in [-0.39, 0.29) is 11.4 Å². The SMILES string of the molecule is Cc1cc(=O)c(C(=O)Nc2ccc(SCc3cccnc3)cc2)nn1-c1ccccc1C(F)(F)F. The van der Waals surface area contributed by atoms with Crippen molar-refractivity contribution < 1.29 is 18.0 Å². The van der Waals surface area contributed by atoms with Gasteiger partial charge in [0.2, 0.25) is 5.43 Å². The number of hydrogen-bond donors (Lipinski definition) is 1. The molecule has 0 saturated heterocycles. The molecule has 178 valence electrons. The Balaban J connectivity index is 1.54. The van der Waals surface area contributed by atoms with Crippen LogP contribution in [0.3, 0.4) is 0 Å². The van der Waals surface area contributed by atoms with Crippen LogP contribution in [0.5, 0.6) is 0 Å². The molecule has 0 fully saturated rings. The summed E-state index contributed by atoms with van der Waals surface area (Å²) in [5.74, 6) is -0.0878. The maximum atomic E-state index is 13.5. The lowest BCUT2D eigenvalue weighted by Gasteiger charge is -2.16. The van der Waals surface area contributed by atoms with Gasteiger partial charge in [-0.25, -0.2) is 4.68 Å². The van der Waals surface area contributed by atoms with Crippen LogP contribution in [-0.4, -0.2) is 20.7 Å². The summed E-state index contributed by atoms with van der Waals surface area (Å²) >= 11 is 1.59. The van der Waals surface area contributed by atoms with E-state index in [0.717, 1.165) is 33.0 Å². The molecule has 35 heavy (non-hydrogen) atoms. The Bertz CT molecular complexity index is 1410. The van der Waals surface area contributed by atoms with Gasteiger partial charge in [0.05, 0.1) is 11.3 Å². The molecule has 0 saturated carbocycles. The second-order valence-electron chi connectivity index (χ2n) is 7.55. The first-order valence-electron chi connectivity index (χ1n) is 10.4. The normalized spacial score (nSPS) is 11.3. The van der Waals surface area contributed by atoms with E-state index in [2.05, 4.69) is 15.4 Å². The van der Waals surface area contributed by atoms with E-state index in [0.29, 0.717) is 5.69 Å². The molecule has 2 aromatic carbocycles. The minimum Gasteiger partial charge on any atom is -0.320 e. The molecular formula is C25H19F3N4O2S. The predicted molar refractivity (Wildman–Crippen MR) is 128 cm³/mol. The molecule has 0 spiro atoms. The fourth-order valence-corrected chi connectivity index (χ4v) is 4.15. The number of nitrogens with one attached hydrogen (secondary N) is 1. The second-order valence-corrected chi connectivity index (χ2v) is 8.60. The molecule has 0 unspecified atom stereocenters. The summed E-state index contributed by atoms with van der Waals surface area (Å²) in [6.07, 6.45) is -1.14. The molecule has 0 bridgehead atoms. The topological polar surface area (TPSA) is 76.9 Å². The van der Waals surface area contributed by atoms with E-state index in [4.69, 9.17) is 0 Å². The third kappa shape index (κ3) is 5.78. The number of anilines is 1. The number of rotatable bonds is 6. The number of halogens is 3. The Morgan fingerprint density at radius 1 is 1.06 bits per heavy atom. The van der Waals surface area contributed by atoms with Crippen molar-refractivity contribution in [3.8, 4) is 5.69 Å². The predicted octanol–water partition coefficient (Wildman–Crippen LogP) is 5.50. The minimum absolute atomic E-state index is 0.165. The molecular weight excluding hydrogens is 477 g/mol. The number of aryl methyl sites for hydroxylation is 1. The van der Waals surface area contributed by atoms with Crippen LogP contribution in [0.4, 0.5) is 18.9 Å². The molecule has 0 atom stereocenters. The number of alkyl halides is 3. The fourth-order valence-electron chi connectivity index (χ4n) is 3.32. The number of amides is 1. The highest BCUT2D eigenvalue weighted by Gasteiger charge is 2.34. The molecule has 0 radical (unpaired) electrons. The van der Waals surface area contributed by atoms with Gasteiger partial charge in [-0.3, -0.25) is 14.6 Å². The fraction of sp³-hybridized carbons (Fsp3) is 0.120. The third-order valence-electron chi connectivity index (χ3n) is 5.00. The summed E-state index contributed by atoms with van der Waals surface area (Å²) in [5.41, 5.74) is -0.745. The van der Waals surface area contributed by atoms with Crippen molar-refractivity contribution in [1.29, 1.82) is 0 Å². The van der Waals surface area contributed by atoms with Gasteiger partial charge in [-0.2, -0.15) is 18.3 Å². The lowest BCUT2D eigenvalue weighted by Crippen LogP contribution is -2.27. The van der Waals surface area contributed by atoms with Crippen LogP contribution in [0.2, 0.25) is 0 Å². The summed E-state index contributed by atoms with van der Waals surface area (Å²) in [4.78, 5) is 30.3. The summed E-state index contributed by atoms with van der Waals surface area (Å²) in [5, 5.41) is 6.56. The van der Waals surface area contributed by atoms with Gasteiger partial charge in [0.25, 0.3) is 5.91 Å². The van der Waals surface area contributed by atoms with Crippen LogP contribution >= 0.6 is 11.8 Å². The van der Waals surface area contributed by atoms with Crippen molar-refractivity contribution in [2.45, 2.75) is 23.7 Å². The smallest absolute Gasteiger partial charge is 0.320 e. The minimum atomic E-state index is -4.63. The van der Waals surface area contributed by atoms with Crippen LogP contribution in [0.15, 0.2) is 88.8 Å². The zero-order valence-electron chi connectivity index (χ0n) is 18.4. The van der Waals surface area contributed by atoms with Gasteiger partial charge in [0, 0.05) is 40.5 Å². The van der Waals surface area contributed by atoms with Crippen molar-refractivity contribution in [2.75, 3.05) is 5.32 Å². The van der Waals surface area contributed by atoms with E-state index in [1.54, 1.807) is 36.3 Å². The maximum absolute atomic E-state index is 13.5. The summed E-state index contributed by atoms with van der Waals surface area (Å²) in [6, 6.07) is 16.8. The Morgan fingerprint density at radius 3 is 2.49 bits per heavy atom. The molecule has 4 rings (SSSR count). The van der Waals surface area contributed by atoms with Crippen LogP contribution in [0.25, 0.3) is 5.69 Å². The quantitative estimate of drug-likeness (QED) is 0.357. The number of benzene rings is 2. The molecule has 0 aliphatic carbocycles. The van der Waals surface area contributed by atoms with Crippen LogP contribution in [-0.2, 0) is 11.9 Å². The molecule has 0 aliphatic rings. The number of nitrogens with zero attached hydrogens (tertiary/aromatic N) is 3. The number of carbonyl (C=O) groups is 1. The summed E-state index contributed by atoms with van der Waals surface area (Å²) in [6.45, 7) is 1.45. The number of aromatic nitrogens is 3. The van der Waals surface area contributed by atoms with Gasteiger partial charge < -0.3 is 5.32 Å². The monoisotopic (exact) mass is 496 g/mol. The molecule has 2 aromatic heterocycles. The number of carbonyl (C=O) groups excluding carboxylic acids is 1. The molecule has 1 N–H and O–H groups in total. The van der Waals surface area contributed by atoms with Crippen LogP contribution in [0.1, 0.15) is 27.3 Å². The molecule has 1 amide bonds. The Labute approximate surface area is 202 Å². The first kappa shape index (κ1) is 24.2. The molecule has 4 aromatic rings. The van der Waals surface area contributed by atoms with Gasteiger partial charge in [-0.15, -0.1) is 11.8 Å². The second kappa shape index (κ2) is 10.1. The van der Waals surface area contributed by atoms with E-state index >= 15 is 0 Å². The summed E-state index contributed by atoms with van der Waals surface area (Å²) < 4.78 is 41.4. The molecule has 10 heteroatoms. The Morgan fingerprint density at radius 2 is 1.80 bits per heavy atom. The van der Waals surface area contributed by atoms with Crippen LogP contribution < -0.4 is 10.7 Å².